The zero-order chi connectivity index (χ0) is 22.5. The Morgan fingerprint density at radius 3 is 2.58 bits per heavy atom. The Kier molecular flexibility index (Phi) is 7.07. The molecule has 7 nitrogen and oxygen atoms in total. The van der Waals surface area contributed by atoms with Gasteiger partial charge in [-0.15, -0.1) is 0 Å². The number of ether oxygens (including phenoxy) is 1. The largest absolute Gasteiger partial charge is 0.475 e. The molecule has 1 amide bonds. The molecule has 31 heavy (non-hydrogen) atoms. The fourth-order valence-corrected chi connectivity index (χ4v) is 3.04. The van der Waals surface area contributed by atoms with Crippen molar-refractivity contribution in [3.8, 4) is 28.5 Å². The van der Waals surface area contributed by atoms with Gasteiger partial charge in [0.1, 0.15) is 5.82 Å². The van der Waals surface area contributed by atoms with Gasteiger partial charge in [-0.05, 0) is 37.6 Å². The average Bonchev–Trinajstić information content (AvgIpc) is 2.72. The van der Waals surface area contributed by atoms with Crippen molar-refractivity contribution >= 4 is 17.5 Å². The topological polar surface area (TPSA) is 97.0 Å². The first-order chi connectivity index (χ1) is 14.7. The third-order valence-corrected chi connectivity index (χ3v) is 4.74. The summed E-state index contributed by atoms with van der Waals surface area (Å²) >= 11 is 6.39. The van der Waals surface area contributed by atoms with E-state index in [1.165, 1.54) is 6.07 Å². The van der Waals surface area contributed by atoms with Crippen LogP contribution in [0.1, 0.15) is 33.3 Å². The highest BCUT2D eigenvalue weighted by Gasteiger charge is 2.12. The lowest BCUT2D eigenvalue weighted by molar-refractivity contribution is -0.124. The fraction of sp³-hybridized carbons (Fsp3) is 0.304. The van der Waals surface area contributed by atoms with Crippen LogP contribution in [-0.2, 0) is 11.3 Å². The van der Waals surface area contributed by atoms with Crippen LogP contribution < -0.4 is 15.6 Å². The number of nitrogens with one attached hydrogen (secondary N) is 2. The molecule has 0 unspecified atom stereocenters. The first-order valence-corrected chi connectivity index (χ1v) is 10.4. The lowest BCUT2D eigenvalue weighted by Gasteiger charge is -2.11. The Morgan fingerprint density at radius 1 is 1.16 bits per heavy atom. The molecule has 162 valence electrons. The van der Waals surface area contributed by atoms with Crippen molar-refractivity contribution in [1.29, 1.82) is 0 Å². The molecule has 3 aromatic rings. The molecule has 0 aliphatic rings. The summed E-state index contributed by atoms with van der Waals surface area (Å²) in [5.41, 5.74) is 2.26. The van der Waals surface area contributed by atoms with Crippen molar-refractivity contribution in [1.82, 2.24) is 20.3 Å². The zero-order valence-corrected chi connectivity index (χ0v) is 18.7. The maximum absolute atomic E-state index is 12.3. The van der Waals surface area contributed by atoms with E-state index in [1.807, 2.05) is 39.8 Å². The Hall–Kier alpha value is -3.19. The van der Waals surface area contributed by atoms with Crippen molar-refractivity contribution in [2.24, 2.45) is 5.92 Å². The fourth-order valence-electron chi connectivity index (χ4n) is 2.83. The monoisotopic (exact) mass is 440 g/mol. The second-order valence-corrected chi connectivity index (χ2v) is 8.12. The molecule has 2 N–H and O–H groups in total. The summed E-state index contributed by atoms with van der Waals surface area (Å²) in [6, 6.07) is 10.3. The number of hydrogen-bond donors (Lipinski definition) is 2. The molecule has 0 radical (unpaired) electrons. The van der Waals surface area contributed by atoms with E-state index in [9.17, 15) is 9.59 Å². The van der Waals surface area contributed by atoms with Crippen LogP contribution >= 0.6 is 11.6 Å². The first-order valence-electron chi connectivity index (χ1n) is 10.0. The number of aromatic nitrogens is 3. The Bertz CT molecular complexity index is 1120. The molecule has 1 aromatic carbocycles. The van der Waals surface area contributed by atoms with Gasteiger partial charge in [-0.2, -0.15) is 0 Å². The number of carbonyl (C=O) groups excluding carboxylic acids is 1. The molecule has 0 saturated carbocycles. The number of rotatable bonds is 7. The van der Waals surface area contributed by atoms with Crippen LogP contribution in [0.2, 0.25) is 5.02 Å². The van der Waals surface area contributed by atoms with Gasteiger partial charge >= 0.3 is 0 Å². The number of aromatic amines is 1. The lowest BCUT2D eigenvalue weighted by Crippen LogP contribution is -2.27. The van der Waals surface area contributed by atoms with Gasteiger partial charge in [0.25, 0.3) is 5.56 Å². The molecule has 8 heteroatoms. The number of hydrogen-bond acceptors (Lipinski definition) is 5. The third kappa shape index (κ3) is 5.92. The van der Waals surface area contributed by atoms with E-state index in [2.05, 4.69) is 20.3 Å². The zero-order valence-electron chi connectivity index (χ0n) is 17.9. The summed E-state index contributed by atoms with van der Waals surface area (Å²) in [6.45, 7) is 7.86. The quantitative estimate of drug-likeness (QED) is 0.573. The van der Waals surface area contributed by atoms with E-state index in [0.717, 1.165) is 5.56 Å². The van der Waals surface area contributed by atoms with E-state index in [1.54, 1.807) is 24.4 Å². The normalized spacial score (nSPS) is 11.1. The second-order valence-electron chi connectivity index (χ2n) is 7.72. The summed E-state index contributed by atoms with van der Waals surface area (Å²) < 4.78 is 5.56. The van der Waals surface area contributed by atoms with Crippen LogP contribution in [0.15, 0.2) is 47.4 Å². The minimum atomic E-state index is -0.308. The Morgan fingerprint density at radius 2 is 1.94 bits per heavy atom. The maximum atomic E-state index is 12.3. The van der Waals surface area contributed by atoms with Crippen LogP contribution in [-0.4, -0.2) is 27.0 Å². The predicted molar refractivity (Wildman–Crippen MR) is 121 cm³/mol. The summed E-state index contributed by atoms with van der Waals surface area (Å²) in [7, 11) is 0. The van der Waals surface area contributed by atoms with Gasteiger partial charge in [0.15, 0.2) is 0 Å². The second kappa shape index (κ2) is 9.75. The molecule has 0 saturated heterocycles. The molecule has 2 heterocycles. The molecule has 0 spiro atoms. The van der Waals surface area contributed by atoms with Gasteiger partial charge in [0.05, 0.1) is 16.8 Å². The summed E-state index contributed by atoms with van der Waals surface area (Å²) in [5, 5.41) is 3.31. The molecule has 2 aromatic heterocycles. The van der Waals surface area contributed by atoms with Gasteiger partial charge in [0, 0.05) is 41.9 Å². The highest BCUT2D eigenvalue weighted by atomic mass is 35.5. The summed E-state index contributed by atoms with van der Waals surface area (Å²) in [6.07, 6.45) is 1.63. The smallest absolute Gasteiger partial charge is 0.251 e. The Balaban J connectivity index is 1.91. The number of carbonyl (C=O) groups is 1. The minimum Gasteiger partial charge on any atom is -0.475 e. The molecule has 0 atom stereocenters. The van der Waals surface area contributed by atoms with Crippen LogP contribution in [0.4, 0.5) is 0 Å². The molecule has 0 bridgehead atoms. The minimum absolute atomic E-state index is 0.0161. The molecular weight excluding hydrogens is 416 g/mol. The van der Waals surface area contributed by atoms with Crippen LogP contribution in [0.3, 0.4) is 0 Å². The molecule has 0 aliphatic carbocycles. The van der Waals surface area contributed by atoms with Crippen molar-refractivity contribution in [3.05, 3.63) is 63.5 Å². The maximum Gasteiger partial charge on any atom is 0.251 e. The average molecular weight is 441 g/mol. The van der Waals surface area contributed by atoms with Crippen LogP contribution in [0.5, 0.6) is 5.88 Å². The van der Waals surface area contributed by atoms with Gasteiger partial charge in [-0.25, -0.2) is 9.97 Å². The van der Waals surface area contributed by atoms with E-state index >= 15 is 0 Å². The van der Waals surface area contributed by atoms with Gasteiger partial charge in [-0.1, -0.05) is 31.5 Å². The third-order valence-electron chi connectivity index (χ3n) is 4.41. The number of halogens is 1. The van der Waals surface area contributed by atoms with Crippen LogP contribution in [0, 0.1) is 5.92 Å². The summed E-state index contributed by atoms with van der Waals surface area (Å²) in [4.78, 5) is 35.8. The molecule has 0 fully saturated rings. The van der Waals surface area contributed by atoms with Crippen molar-refractivity contribution in [3.63, 3.8) is 0 Å². The predicted octanol–water partition coefficient (Wildman–Crippen LogP) is 4.21. The molecule has 0 aliphatic heterocycles. The number of benzene rings is 1. The van der Waals surface area contributed by atoms with Gasteiger partial charge < -0.3 is 15.0 Å². The molecular formula is C23H25ClN4O3. The number of pyridine rings is 1. The number of H-pyrrole nitrogens is 1. The van der Waals surface area contributed by atoms with Crippen molar-refractivity contribution in [2.75, 3.05) is 0 Å². The SMILES string of the molecule is CC(C)Oc1ccc(-c2cc(=O)[nH]c(-c3cc(CNC(=O)C(C)C)ccc3Cl)n2)cn1. The first kappa shape index (κ1) is 22.5. The van der Waals surface area contributed by atoms with E-state index in [4.69, 9.17) is 16.3 Å². The number of nitrogens with zero attached hydrogens (tertiary/aromatic N) is 2. The van der Waals surface area contributed by atoms with E-state index in [0.29, 0.717) is 40.1 Å². The van der Waals surface area contributed by atoms with Crippen molar-refractivity contribution in [2.45, 2.75) is 40.3 Å². The standard InChI is InChI=1S/C23H25ClN4O3/c1-13(2)23(30)26-11-15-5-7-18(24)17(9-15)22-27-19(10-20(29)28-22)16-6-8-21(25-12-16)31-14(3)4/h5-10,12-14H,11H2,1-4H3,(H,26,30)(H,27,28,29). The van der Waals surface area contributed by atoms with Gasteiger partial charge in [-0.3, -0.25) is 9.59 Å². The summed E-state index contributed by atoms with van der Waals surface area (Å²) in [5.74, 6) is 0.699. The van der Waals surface area contributed by atoms with Gasteiger partial charge in [0.2, 0.25) is 11.8 Å². The Labute approximate surface area is 185 Å². The van der Waals surface area contributed by atoms with Crippen molar-refractivity contribution < 1.29 is 9.53 Å². The van der Waals surface area contributed by atoms with E-state index < -0.39 is 0 Å². The highest BCUT2D eigenvalue weighted by Crippen LogP contribution is 2.27. The highest BCUT2D eigenvalue weighted by molar-refractivity contribution is 6.33. The molecule has 3 rings (SSSR count). The number of amides is 1. The van der Waals surface area contributed by atoms with E-state index in [-0.39, 0.29) is 23.5 Å². The lowest BCUT2D eigenvalue weighted by atomic mass is 10.1. The van der Waals surface area contributed by atoms with Crippen LogP contribution in [0.25, 0.3) is 22.6 Å².